The number of ether oxygens (including phenoxy) is 2. The molecular weight excluding hydrogens is 320 g/mol. The molecule has 6 nitrogen and oxygen atoms in total. The average Bonchev–Trinajstić information content (AvgIpc) is 2.58. The Morgan fingerprint density at radius 3 is 2.52 bits per heavy atom. The molecule has 2 aromatic rings. The first-order valence-corrected chi connectivity index (χ1v) is 8.00. The van der Waals surface area contributed by atoms with Gasteiger partial charge in [0.05, 0.1) is 11.7 Å². The Labute approximate surface area is 147 Å². The van der Waals surface area contributed by atoms with Crippen molar-refractivity contribution in [3.63, 3.8) is 0 Å². The molecule has 132 valence electrons. The van der Waals surface area contributed by atoms with Gasteiger partial charge in [0, 0.05) is 0 Å². The molecule has 0 aliphatic heterocycles. The summed E-state index contributed by atoms with van der Waals surface area (Å²) in [5.74, 6) is 0.134. The molecule has 0 spiro atoms. The standard InChI is InChI=1S/C19H22N2O4/c1-13(2)25-17-10-5-4-9-16(17)19(23)21-20-18(22)12-24-15-8-6-7-14(3)11-15/h4-11,13H,12H2,1-3H3,(H,20,22)(H,21,23). The topological polar surface area (TPSA) is 76.7 Å². The molecule has 2 aromatic carbocycles. The first-order valence-electron chi connectivity index (χ1n) is 8.00. The number of hydrazine groups is 1. The van der Waals surface area contributed by atoms with Crippen LogP contribution in [0.15, 0.2) is 48.5 Å². The average molecular weight is 342 g/mol. The zero-order valence-electron chi connectivity index (χ0n) is 14.5. The highest BCUT2D eigenvalue weighted by Crippen LogP contribution is 2.19. The molecule has 0 saturated heterocycles. The largest absolute Gasteiger partial charge is 0.490 e. The summed E-state index contributed by atoms with van der Waals surface area (Å²) in [6.07, 6.45) is -0.0636. The third kappa shape index (κ3) is 5.84. The number of hydrogen-bond donors (Lipinski definition) is 2. The van der Waals surface area contributed by atoms with Crippen molar-refractivity contribution in [2.45, 2.75) is 26.9 Å². The maximum atomic E-state index is 12.2. The molecule has 0 bridgehead atoms. The molecule has 0 heterocycles. The van der Waals surface area contributed by atoms with Crippen LogP contribution in [0.25, 0.3) is 0 Å². The van der Waals surface area contributed by atoms with Crippen LogP contribution < -0.4 is 20.3 Å². The summed E-state index contributed by atoms with van der Waals surface area (Å²) in [6, 6.07) is 14.2. The van der Waals surface area contributed by atoms with E-state index in [1.54, 1.807) is 30.3 Å². The van der Waals surface area contributed by atoms with Crippen LogP contribution in [0, 0.1) is 6.92 Å². The van der Waals surface area contributed by atoms with E-state index in [0.29, 0.717) is 17.1 Å². The summed E-state index contributed by atoms with van der Waals surface area (Å²) < 4.78 is 11.0. The van der Waals surface area contributed by atoms with E-state index >= 15 is 0 Å². The van der Waals surface area contributed by atoms with Gasteiger partial charge in [-0.3, -0.25) is 20.4 Å². The van der Waals surface area contributed by atoms with Gasteiger partial charge in [0.15, 0.2) is 6.61 Å². The number of hydrogen-bond acceptors (Lipinski definition) is 4. The van der Waals surface area contributed by atoms with Gasteiger partial charge in [-0.05, 0) is 50.6 Å². The highest BCUT2D eigenvalue weighted by Gasteiger charge is 2.14. The van der Waals surface area contributed by atoms with E-state index in [1.165, 1.54) is 0 Å². The van der Waals surface area contributed by atoms with E-state index in [1.807, 2.05) is 39.0 Å². The van der Waals surface area contributed by atoms with Crippen molar-refractivity contribution in [3.8, 4) is 11.5 Å². The van der Waals surface area contributed by atoms with Gasteiger partial charge in [-0.15, -0.1) is 0 Å². The second kappa shape index (κ2) is 8.73. The fourth-order valence-electron chi connectivity index (χ4n) is 2.09. The highest BCUT2D eigenvalue weighted by molar-refractivity contribution is 5.97. The molecule has 25 heavy (non-hydrogen) atoms. The summed E-state index contributed by atoms with van der Waals surface area (Å²) in [5, 5.41) is 0. The Morgan fingerprint density at radius 1 is 1.04 bits per heavy atom. The van der Waals surface area contributed by atoms with Gasteiger partial charge in [0.1, 0.15) is 11.5 Å². The molecule has 0 atom stereocenters. The fraction of sp³-hybridized carbons (Fsp3) is 0.263. The maximum Gasteiger partial charge on any atom is 0.276 e. The number of amides is 2. The van der Waals surface area contributed by atoms with Crippen LogP contribution in [-0.2, 0) is 4.79 Å². The fourth-order valence-corrected chi connectivity index (χ4v) is 2.09. The Bertz CT molecular complexity index is 744. The molecule has 0 fully saturated rings. The van der Waals surface area contributed by atoms with Gasteiger partial charge in [-0.1, -0.05) is 24.3 Å². The van der Waals surface area contributed by atoms with Crippen LogP contribution in [0.1, 0.15) is 29.8 Å². The van der Waals surface area contributed by atoms with E-state index < -0.39 is 11.8 Å². The molecule has 0 aliphatic carbocycles. The summed E-state index contributed by atoms with van der Waals surface area (Å²) in [7, 11) is 0. The predicted octanol–water partition coefficient (Wildman–Crippen LogP) is 2.62. The SMILES string of the molecule is Cc1cccc(OCC(=O)NNC(=O)c2ccccc2OC(C)C)c1. The number of carbonyl (C=O) groups is 2. The van der Waals surface area contributed by atoms with Gasteiger partial charge >= 0.3 is 0 Å². The van der Waals surface area contributed by atoms with E-state index in [9.17, 15) is 9.59 Å². The van der Waals surface area contributed by atoms with Crippen molar-refractivity contribution < 1.29 is 19.1 Å². The van der Waals surface area contributed by atoms with Crippen LogP contribution in [0.4, 0.5) is 0 Å². The molecule has 6 heteroatoms. The molecule has 0 aliphatic rings. The number of rotatable bonds is 6. The number of benzene rings is 2. The minimum atomic E-state index is -0.461. The van der Waals surface area contributed by atoms with Crippen molar-refractivity contribution in [2.75, 3.05) is 6.61 Å². The van der Waals surface area contributed by atoms with E-state index in [2.05, 4.69) is 10.9 Å². The lowest BCUT2D eigenvalue weighted by atomic mass is 10.2. The Kier molecular flexibility index (Phi) is 6.39. The Balaban J connectivity index is 1.86. The molecule has 0 saturated carbocycles. The lowest BCUT2D eigenvalue weighted by Crippen LogP contribution is -2.44. The van der Waals surface area contributed by atoms with Gasteiger partial charge in [-0.25, -0.2) is 0 Å². The summed E-state index contributed by atoms with van der Waals surface area (Å²) in [5.41, 5.74) is 6.07. The molecule has 2 amide bonds. The van der Waals surface area contributed by atoms with Crippen molar-refractivity contribution in [1.82, 2.24) is 10.9 Å². The Morgan fingerprint density at radius 2 is 1.80 bits per heavy atom. The van der Waals surface area contributed by atoms with Crippen LogP contribution in [-0.4, -0.2) is 24.5 Å². The van der Waals surface area contributed by atoms with Crippen molar-refractivity contribution >= 4 is 11.8 Å². The summed E-state index contributed by atoms with van der Waals surface area (Å²) in [6.45, 7) is 5.48. The number of para-hydroxylation sites is 1. The zero-order chi connectivity index (χ0) is 18.2. The van der Waals surface area contributed by atoms with Gasteiger partial charge in [0.25, 0.3) is 11.8 Å². The molecule has 0 radical (unpaired) electrons. The van der Waals surface area contributed by atoms with Gasteiger partial charge < -0.3 is 9.47 Å². The van der Waals surface area contributed by atoms with Crippen molar-refractivity contribution in [2.24, 2.45) is 0 Å². The van der Waals surface area contributed by atoms with E-state index in [-0.39, 0.29) is 12.7 Å². The second-order valence-electron chi connectivity index (χ2n) is 5.77. The van der Waals surface area contributed by atoms with E-state index in [4.69, 9.17) is 9.47 Å². The summed E-state index contributed by atoms with van der Waals surface area (Å²) >= 11 is 0. The molecule has 2 N–H and O–H groups in total. The quantitative estimate of drug-likeness (QED) is 0.791. The van der Waals surface area contributed by atoms with Crippen molar-refractivity contribution in [3.05, 3.63) is 59.7 Å². The first kappa shape index (κ1) is 18.3. The zero-order valence-corrected chi connectivity index (χ0v) is 14.5. The molecule has 0 unspecified atom stereocenters. The normalized spacial score (nSPS) is 10.2. The number of carbonyl (C=O) groups excluding carboxylic acids is 2. The molecular formula is C19H22N2O4. The lowest BCUT2D eigenvalue weighted by Gasteiger charge is -2.14. The number of nitrogens with one attached hydrogen (secondary N) is 2. The van der Waals surface area contributed by atoms with Crippen LogP contribution in [0.3, 0.4) is 0 Å². The second-order valence-corrected chi connectivity index (χ2v) is 5.77. The van der Waals surface area contributed by atoms with Crippen LogP contribution in [0.2, 0.25) is 0 Å². The number of aryl methyl sites for hydroxylation is 1. The van der Waals surface area contributed by atoms with Gasteiger partial charge in [0.2, 0.25) is 0 Å². The first-order chi connectivity index (χ1) is 12.0. The minimum absolute atomic E-state index is 0.0636. The third-order valence-corrected chi connectivity index (χ3v) is 3.17. The lowest BCUT2D eigenvalue weighted by molar-refractivity contribution is -0.123. The predicted molar refractivity (Wildman–Crippen MR) is 94.5 cm³/mol. The monoisotopic (exact) mass is 342 g/mol. The Hall–Kier alpha value is -3.02. The van der Waals surface area contributed by atoms with Crippen LogP contribution in [0.5, 0.6) is 11.5 Å². The molecule has 2 rings (SSSR count). The van der Waals surface area contributed by atoms with Crippen LogP contribution >= 0.6 is 0 Å². The highest BCUT2D eigenvalue weighted by atomic mass is 16.5. The maximum absolute atomic E-state index is 12.2. The smallest absolute Gasteiger partial charge is 0.276 e. The summed E-state index contributed by atoms with van der Waals surface area (Å²) in [4.78, 5) is 24.0. The van der Waals surface area contributed by atoms with Crippen molar-refractivity contribution in [1.29, 1.82) is 0 Å². The third-order valence-electron chi connectivity index (χ3n) is 3.17. The van der Waals surface area contributed by atoms with Gasteiger partial charge in [-0.2, -0.15) is 0 Å². The van der Waals surface area contributed by atoms with E-state index in [0.717, 1.165) is 5.56 Å². The molecule has 0 aromatic heterocycles. The minimum Gasteiger partial charge on any atom is -0.490 e.